The number of rotatable bonds is 5. The SMILES string of the molecule is C[C@]12CC[C@H](SCCN3CCCC3)C[C@@H]1CC[C@@H]1[C@@H]2CC[C@]2(C)[C@@H](c3ccoc3)C[C@H]3O[C@]132.O=C(O)C(=O)O. The van der Waals surface area contributed by atoms with Crippen molar-refractivity contribution in [3.8, 4) is 0 Å². The normalized spacial score (nSPS) is 44.3. The molecule has 2 saturated heterocycles. The van der Waals surface area contributed by atoms with E-state index >= 15 is 0 Å². The highest BCUT2D eigenvalue weighted by Crippen LogP contribution is 2.78. The second kappa shape index (κ2) is 10.4. The van der Waals surface area contributed by atoms with Gasteiger partial charge in [0.1, 0.15) is 5.60 Å². The number of carboxylic acids is 2. The van der Waals surface area contributed by atoms with E-state index in [1.165, 1.54) is 95.2 Å². The molecule has 6 aliphatic rings. The fourth-order valence-electron chi connectivity index (χ4n) is 10.1. The second-order valence-electron chi connectivity index (χ2n) is 13.6. The van der Waals surface area contributed by atoms with Crippen molar-refractivity contribution >= 4 is 23.7 Å². The first-order valence-electron chi connectivity index (χ1n) is 15.2. The largest absolute Gasteiger partial charge is 0.473 e. The maximum absolute atomic E-state index is 9.10. The number of furan rings is 1. The summed E-state index contributed by atoms with van der Waals surface area (Å²) in [4.78, 5) is 20.9. The summed E-state index contributed by atoms with van der Waals surface area (Å²) in [5, 5.41) is 15.7. The first-order valence-corrected chi connectivity index (χ1v) is 16.2. The van der Waals surface area contributed by atoms with Gasteiger partial charge in [0.05, 0.1) is 18.6 Å². The molecule has 1 aromatic rings. The van der Waals surface area contributed by atoms with Gasteiger partial charge < -0.3 is 24.3 Å². The summed E-state index contributed by atoms with van der Waals surface area (Å²) in [6.45, 7) is 9.31. The number of hydrogen-bond acceptors (Lipinski definition) is 6. The Morgan fingerprint density at radius 2 is 1.79 bits per heavy atom. The minimum absolute atomic E-state index is 0.174. The van der Waals surface area contributed by atoms with Gasteiger partial charge in [0.15, 0.2) is 0 Å². The van der Waals surface area contributed by atoms with E-state index in [0.717, 1.165) is 23.0 Å². The van der Waals surface area contributed by atoms with Gasteiger partial charge in [-0.2, -0.15) is 11.8 Å². The molecule has 7 nitrogen and oxygen atoms in total. The number of epoxide rings is 1. The molecule has 8 heteroatoms. The van der Waals surface area contributed by atoms with E-state index in [2.05, 4.69) is 36.6 Å². The van der Waals surface area contributed by atoms with Crippen LogP contribution in [0.25, 0.3) is 0 Å². The average Bonchev–Trinajstić information content (AvgIpc) is 3.32. The van der Waals surface area contributed by atoms with E-state index in [1.807, 2.05) is 12.5 Å². The molecule has 7 rings (SSSR count). The molecule has 3 heterocycles. The third kappa shape index (κ3) is 4.57. The molecule has 1 spiro atoms. The molecule has 6 fully saturated rings. The zero-order chi connectivity index (χ0) is 27.4. The van der Waals surface area contributed by atoms with Gasteiger partial charge >= 0.3 is 11.9 Å². The molecule has 4 aliphatic carbocycles. The Labute approximate surface area is 236 Å². The van der Waals surface area contributed by atoms with Gasteiger partial charge in [0.25, 0.3) is 0 Å². The Morgan fingerprint density at radius 3 is 2.49 bits per heavy atom. The molecule has 9 atom stereocenters. The summed E-state index contributed by atoms with van der Waals surface area (Å²) in [6, 6.07) is 2.22. The maximum Gasteiger partial charge on any atom is 0.414 e. The van der Waals surface area contributed by atoms with Crippen LogP contribution in [0.2, 0.25) is 0 Å². The molecule has 0 bridgehead atoms. The number of aliphatic carboxylic acids is 2. The van der Waals surface area contributed by atoms with Gasteiger partial charge in [0, 0.05) is 23.0 Å². The lowest BCUT2D eigenvalue weighted by atomic mass is 9.44. The van der Waals surface area contributed by atoms with Crippen LogP contribution in [0.5, 0.6) is 0 Å². The molecule has 0 unspecified atom stereocenters. The first kappa shape index (κ1) is 27.6. The van der Waals surface area contributed by atoms with Crippen LogP contribution in [0.3, 0.4) is 0 Å². The third-order valence-corrected chi connectivity index (χ3v) is 13.4. The highest BCUT2D eigenvalue weighted by atomic mass is 32.2. The van der Waals surface area contributed by atoms with Gasteiger partial charge in [-0.15, -0.1) is 0 Å². The molecular formula is C31H45NO6S. The summed E-state index contributed by atoms with van der Waals surface area (Å²) in [5.74, 6) is 0.953. The molecule has 4 saturated carbocycles. The van der Waals surface area contributed by atoms with Gasteiger partial charge in [-0.05, 0) is 118 Å². The average molecular weight is 560 g/mol. The van der Waals surface area contributed by atoms with Crippen LogP contribution in [0, 0.1) is 28.6 Å². The summed E-state index contributed by atoms with van der Waals surface area (Å²) >= 11 is 2.31. The molecule has 0 aromatic carbocycles. The standard InChI is InChI=1S/C29H43NO2S.C2H2O4/c1-27-10-7-22(33-16-14-30-12-3-4-13-30)17-21(27)5-6-24-23(27)8-11-28(2)25(20-9-15-31-19-20)18-26-29(24,28)32-26;3-1(4)2(5)6/h9,15,19,21-26H,3-8,10-14,16-18H2,1-2H3;(H,3,4)(H,5,6)/t21-,22-,23-,24+,25+,26+,27-,28+,29+;/m0./s1. The summed E-state index contributed by atoms with van der Waals surface area (Å²) in [7, 11) is 0. The Morgan fingerprint density at radius 1 is 1.03 bits per heavy atom. The topological polar surface area (TPSA) is 104 Å². The van der Waals surface area contributed by atoms with Crippen molar-refractivity contribution in [2.24, 2.45) is 28.6 Å². The molecule has 0 amide bonds. The van der Waals surface area contributed by atoms with Crippen molar-refractivity contribution in [3.05, 3.63) is 24.2 Å². The number of fused-ring (bicyclic) bond motifs is 3. The lowest BCUT2D eigenvalue weighted by Gasteiger charge is -2.61. The lowest BCUT2D eigenvalue weighted by Crippen LogP contribution is -2.58. The smallest absolute Gasteiger partial charge is 0.414 e. The van der Waals surface area contributed by atoms with Crippen LogP contribution in [0.1, 0.15) is 89.5 Å². The summed E-state index contributed by atoms with van der Waals surface area (Å²) in [6.07, 6.45) is 18.5. The zero-order valence-electron chi connectivity index (χ0n) is 23.5. The Bertz CT molecular complexity index is 1050. The monoisotopic (exact) mass is 559 g/mol. The first-order chi connectivity index (χ1) is 18.7. The minimum Gasteiger partial charge on any atom is -0.473 e. The van der Waals surface area contributed by atoms with Crippen molar-refractivity contribution in [3.63, 3.8) is 0 Å². The van der Waals surface area contributed by atoms with E-state index in [1.54, 1.807) is 0 Å². The molecule has 2 N–H and O–H groups in total. The van der Waals surface area contributed by atoms with E-state index in [0.29, 0.717) is 22.9 Å². The van der Waals surface area contributed by atoms with Gasteiger partial charge in [-0.25, -0.2) is 9.59 Å². The van der Waals surface area contributed by atoms with Crippen molar-refractivity contribution in [2.75, 3.05) is 25.4 Å². The van der Waals surface area contributed by atoms with Crippen LogP contribution in [-0.4, -0.2) is 69.4 Å². The number of carbonyl (C=O) groups is 2. The fourth-order valence-corrected chi connectivity index (χ4v) is 11.5. The summed E-state index contributed by atoms with van der Waals surface area (Å²) < 4.78 is 12.3. The highest BCUT2D eigenvalue weighted by Gasteiger charge is 2.80. The number of likely N-dealkylation sites (tertiary alicyclic amines) is 1. The van der Waals surface area contributed by atoms with E-state index < -0.39 is 11.9 Å². The molecule has 1 aromatic heterocycles. The van der Waals surface area contributed by atoms with Gasteiger partial charge in [0.2, 0.25) is 0 Å². The molecular weight excluding hydrogens is 514 g/mol. The van der Waals surface area contributed by atoms with Crippen LogP contribution in [0.15, 0.2) is 23.0 Å². The molecule has 2 aliphatic heterocycles. The van der Waals surface area contributed by atoms with Crippen LogP contribution < -0.4 is 0 Å². The predicted octanol–water partition coefficient (Wildman–Crippen LogP) is 5.89. The highest BCUT2D eigenvalue weighted by molar-refractivity contribution is 7.99. The van der Waals surface area contributed by atoms with E-state index in [-0.39, 0.29) is 5.60 Å². The second-order valence-corrected chi connectivity index (χ2v) is 15.0. The third-order valence-electron chi connectivity index (χ3n) is 12.1. The number of thioether (sulfide) groups is 1. The van der Waals surface area contributed by atoms with Crippen molar-refractivity contribution in [1.82, 2.24) is 4.90 Å². The van der Waals surface area contributed by atoms with Crippen LogP contribution in [0.4, 0.5) is 0 Å². The summed E-state index contributed by atoms with van der Waals surface area (Å²) in [5.41, 5.74) is 2.45. The Kier molecular flexibility index (Phi) is 7.37. The van der Waals surface area contributed by atoms with Gasteiger partial charge in [-0.3, -0.25) is 0 Å². The number of ether oxygens (including phenoxy) is 1. The van der Waals surface area contributed by atoms with Crippen molar-refractivity contribution < 1.29 is 29.0 Å². The Hall–Kier alpha value is -1.51. The van der Waals surface area contributed by atoms with Crippen LogP contribution in [-0.2, 0) is 14.3 Å². The number of nitrogens with zero attached hydrogens (tertiary/aromatic N) is 1. The maximum atomic E-state index is 9.10. The lowest BCUT2D eigenvalue weighted by molar-refractivity contribution is -0.159. The van der Waals surface area contributed by atoms with Crippen LogP contribution >= 0.6 is 11.8 Å². The van der Waals surface area contributed by atoms with Crippen molar-refractivity contribution in [2.45, 2.75) is 101 Å². The van der Waals surface area contributed by atoms with Crippen molar-refractivity contribution in [1.29, 1.82) is 0 Å². The Balaban J connectivity index is 0.000000418. The van der Waals surface area contributed by atoms with Gasteiger partial charge in [-0.1, -0.05) is 13.8 Å². The quantitative estimate of drug-likeness (QED) is 0.340. The number of hydrogen-bond donors (Lipinski definition) is 2. The van der Waals surface area contributed by atoms with E-state index in [4.69, 9.17) is 29.0 Å². The predicted molar refractivity (Wildman–Crippen MR) is 150 cm³/mol. The molecule has 39 heavy (non-hydrogen) atoms. The molecule has 216 valence electrons. The minimum atomic E-state index is -1.82. The number of carboxylic acid groups (broad SMARTS) is 2. The molecule has 0 radical (unpaired) electrons. The fraction of sp³-hybridized carbons (Fsp3) is 0.806. The zero-order valence-corrected chi connectivity index (χ0v) is 24.3. The van der Waals surface area contributed by atoms with E-state index in [9.17, 15) is 0 Å².